The van der Waals surface area contributed by atoms with Crippen LogP contribution in [0.25, 0.3) is 22.2 Å². The molecule has 4 rings (SSSR count). The van der Waals surface area contributed by atoms with E-state index in [9.17, 15) is 4.79 Å². The van der Waals surface area contributed by atoms with Crippen molar-refractivity contribution in [3.63, 3.8) is 0 Å². The van der Waals surface area contributed by atoms with Crippen molar-refractivity contribution in [2.75, 3.05) is 45.2 Å². The monoisotopic (exact) mass is 500 g/mol. The van der Waals surface area contributed by atoms with Gasteiger partial charge in [0.2, 0.25) is 0 Å². The summed E-state index contributed by atoms with van der Waals surface area (Å²) < 4.78 is 13.5. The predicted octanol–water partition coefficient (Wildman–Crippen LogP) is 5.01. The first-order chi connectivity index (χ1) is 15.2. The van der Waals surface area contributed by atoms with Crippen LogP contribution in [0.3, 0.4) is 0 Å². The van der Waals surface area contributed by atoms with Gasteiger partial charge in [0.25, 0.3) is 0 Å². The summed E-state index contributed by atoms with van der Waals surface area (Å²) in [6.45, 7) is 9.56. The van der Waals surface area contributed by atoms with Crippen molar-refractivity contribution in [1.82, 2.24) is 14.5 Å². The van der Waals surface area contributed by atoms with Crippen LogP contribution in [-0.2, 0) is 4.74 Å². The number of anilines is 1. The van der Waals surface area contributed by atoms with E-state index in [4.69, 9.17) is 9.47 Å². The number of rotatable bonds is 3. The molecule has 170 valence electrons. The SMILES string of the molecule is COc1cc(-c2cnc3c(c2)c(Br)cn3C(=O)OC(C)(C)C)ccc1N1CCN(C)CC1. The maximum Gasteiger partial charge on any atom is 0.420 e. The summed E-state index contributed by atoms with van der Waals surface area (Å²) in [7, 11) is 3.85. The molecule has 0 unspecified atom stereocenters. The third-order valence-electron chi connectivity index (χ3n) is 5.54. The minimum Gasteiger partial charge on any atom is -0.495 e. The zero-order chi connectivity index (χ0) is 23.0. The highest BCUT2D eigenvalue weighted by Crippen LogP contribution is 2.35. The van der Waals surface area contributed by atoms with E-state index in [2.05, 4.69) is 56.0 Å². The molecule has 0 bridgehead atoms. The Morgan fingerprint density at radius 2 is 1.81 bits per heavy atom. The predicted molar refractivity (Wildman–Crippen MR) is 131 cm³/mol. The number of aromatic nitrogens is 2. The van der Waals surface area contributed by atoms with Gasteiger partial charge >= 0.3 is 6.09 Å². The molecule has 3 aromatic rings. The van der Waals surface area contributed by atoms with Crippen molar-refractivity contribution in [3.05, 3.63) is 41.1 Å². The molecule has 0 amide bonds. The molecule has 1 fully saturated rings. The molecule has 0 atom stereocenters. The van der Waals surface area contributed by atoms with Gasteiger partial charge in [-0.15, -0.1) is 0 Å². The number of hydrogen-bond acceptors (Lipinski definition) is 6. The Bertz CT molecular complexity index is 1140. The first-order valence-corrected chi connectivity index (χ1v) is 11.5. The zero-order valence-electron chi connectivity index (χ0n) is 19.2. The molecule has 3 heterocycles. The van der Waals surface area contributed by atoms with Crippen molar-refractivity contribution >= 4 is 38.7 Å². The molecule has 2 aromatic heterocycles. The molecule has 1 aliphatic heterocycles. The number of hydrogen-bond donors (Lipinski definition) is 0. The van der Waals surface area contributed by atoms with Gasteiger partial charge < -0.3 is 19.3 Å². The summed E-state index contributed by atoms with van der Waals surface area (Å²) in [5.41, 5.74) is 3.03. The second-order valence-electron chi connectivity index (χ2n) is 9.10. The zero-order valence-corrected chi connectivity index (χ0v) is 20.8. The van der Waals surface area contributed by atoms with Gasteiger partial charge in [-0.05, 0) is 67.5 Å². The van der Waals surface area contributed by atoms with Crippen LogP contribution in [0, 0.1) is 0 Å². The fraction of sp³-hybridized carbons (Fsp3) is 0.417. The third kappa shape index (κ3) is 4.61. The first-order valence-electron chi connectivity index (χ1n) is 10.7. The molecule has 7 nitrogen and oxygen atoms in total. The van der Waals surface area contributed by atoms with Gasteiger partial charge in [0.1, 0.15) is 11.4 Å². The highest BCUT2D eigenvalue weighted by molar-refractivity contribution is 9.10. The van der Waals surface area contributed by atoms with E-state index < -0.39 is 11.7 Å². The molecule has 1 aromatic carbocycles. The highest BCUT2D eigenvalue weighted by Gasteiger charge is 2.22. The maximum atomic E-state index is 12.6. The van der Waals surface area contributed by atoms with Gasteiger partial charge in [-0.2, -0.15) is 0 Å². The molecule has 0 saturated carbocycles. The number of nitrogens with zero attached hydrogens (tertiary/aromatic N) is 4. The maximum absolute atomic E-state index is 12.6. The molecule has 0 spiro atoms. The number of piperazine rings is 1. The smallest absolute Gasteiger partial charge is 0.420 e. The first kappa shape index (κ1) is 22.6. The van der Waals surface area contributed by atoms with Crippen molar-refractivity contribution in [3.8, 4) is 16.9 Å². The number of fused-ring (bicyclic) bond motifs is 1. The van der Waals surface area contributed by atoms with E-state index in [1.54, 1.807) is 19.5 Å². The number of benzene rings is 1. The number of halogens is 1. The summed E-state index contributed by atoms with van der Waals surface area (Å²) in [5, 5.41) is 0.843. The van der Waals surface area contributed by atoms with E-state index in [-0.39, 0.29) is 0 Å². The molecule has 0 radical (unpaired) electrons. The molecular formula is C24H29BrN4O3. The second-order valence-corrected chi connectivity index (χ2v) is 9.95. The Labute approximate surface area is 197 Å². The van der Waals surface area contributed by atoms with Crippen molar-refractivity contribution in [2.45, 2.75) is 26.4 Å². The van der Waals surface area contributed by atoms with Crippen LogP contribution < -0.4 is 9.64 Å². The molecule has 8 heteroatoms. The van der Waals surface area contributed by atoms with Crippen LogP contribution in [0.1, 0.15) is 20.8 Å². The Hall–Kier alpha value is -2.58. The summed E-state index contributed by atoms with van der Waals surface area (Å²) in [6.07, 6.45) is 3.03. The summed E-state index contributed by atoms with van der Waals surface area (Å²) >= 11 is 3.57. The normalized spacial score (nSPS) is 15.2. The lowest BCUT2D eigenvalue weighted by atomic mass is 10.0. The minimum atomic E-state index is -0.581. The molecule has 32 heavy (non-hydrogen) atoms. The van der Waals surface area contributed by atoms with Crippen LogP contribution in [0.4, 0.5) is 10.5 Å². The van der Waals surface area contributed by atoms with Crippen LogP contribution in [0.15, 0.2) is 41.1 Å². The molecule has 1 saturated heterocycles. The number of carbonyl (C=O) groups excluding carboxylic acids is 1. The van der Waals surface area contributed by atoms with Crippen molar-refractivity contribution in [1.29, 1.82) is 0 Å². The third-order valence-corrected chi connectivity index (χ3v) is 6.17. The molecule has 0 aliphatic carbocycles. The highest BCUT2D eigenvalue weighted by atomic mass is 79.9. The molecule has 0 N–H and O–H groups in total. The topological polar surface area (TPSA) is 59.8 Å². The number of ether oxygens (including phenoxy) is 2. The summed E-state index contributed by atoms with van der Waals surface area (Å²) in [4.78, 5) is 21.9. The van der Waals surface area contributed by atoms with Crippen LogP contribution in [-0.4, -0.2) is 66.5 Å². The van der Waals surface area contributed by atoms with Crippen molar-refractivity contribution < 1.29 is 14.3 Å². The van der Waals surface area contributed by atoms with E-state index >= 15 is 0 Å². The number of pyridine rings is 1. The number of carbonyl (C=O) groups is 1. The molecule has 1 aliphatic rings. The Morgan fingerprint density at radius 1 is 1.09 bits per heavy atom. The van der Waals surface area contributed by atoms with Gasteiger partial charge in [-0.25, -0.2) is 14.3 Å². The summed E-state index contributed by atoms with van der Waals surface area (Å²) in [5.74, 6) is 0.845. The lowest BCUT2D eigenvalue weighted by Crippen LogP contribution is -2.44. The Kier molecular flexibility index (Phi) is 6.18. The van der Waals surface area contributed by atoms with Crippen molar-refractivity contribution in [2.24, 2.45) is 0 Å². The van der Waals surface area contributed by atoms with E-state index in [0.29, 0.717) is 5.65 Å². The van der Waals surface area contributed by atoms with E-state index in [1.165, 1.54) is 4.57 Å². The number of methoxy groups -OCH3 is 1. The Balaban J connectivity index is 1.66. The fourth-order valence-corrected chi connectivity index (χ4v) is 4.34. The van der Waals surface area contributed by atoms with E-state index in [1.807, 2.05) is 26.8 Å². The lowest BCUT2D eigenvalue weighted by molar-refractivity contribution is 0.0543. The number of likely N-dealkylation sites (N-methyl/N-ethyl adjacent to an activating group) is 1. The van der Waals surface area contributed by atoms with E-state index in [0.717, 1.165) is 58.6 Å². The quantitative estimate of drug-likeness (QED) is 0.503. The average Bonchev–Trinajstić information content (AvgIpc) is 3.09. The van der Waals surface area contributed by atoms with Crippen LogP contribution >= 0.6 is 15.9 Å². The van der Waals surface area contributed by atoms with Gasteiger partial charge in [0, 0.05) is 54.0 Å². The summed E-state index contributed by atoms with van der Waals surface area (Å²) in [6, 6.07) is 8.29. The minimum absolute atomic E-state index is 0.452. The average molecular weight is 501 g/mol. The van der Waals surface area contributed by atoms with Gasteiger partial charge in [-0.1, -0.05) is 6.07 Å². The standard InChI is InChI=1S/C24H29BrN4O3/c1-24(2,3)32-23(30)29-15-19(25)18-12-17(14-26-22(18)29)16-6-7-20(21(13-16)31-5)28-10-8-27(4)9-11-28/h6-7,12-15H,8-11H2,1-5H3. The van der Waals surface area contributed by atoms with Crippen LogP contribution in [0.2, 0.25) is 0 Å². The fourth-order valence-electron chi connectivity index (χ4n) is 3.84. The van der Waals surface area contributed by atoms with Gasteiger partial charge in [-0.3, -0.25) is 0 Å². The van der Waals surface area contributed by atoms with Gasteiger partial charge in [0.05, 0.1) is 12.8 Å². The lowest BCUT2D eigenvalue weighted by Gasteiger charge is -2.34. The molecular weight excluding hydrogens is 472 g/mol. The van der Waals surface area contributed by atoms with Gasteiger partial charge in [0.15, 0.2) is 5.65 Å². The Morgan fingerprint density at radius 3 is 2.47 bits per heavy atom. The van der Waals surface area contributed by atoms with Crippen LogP contribution in [0.5, 0.6) is 5.75 Å². The largest absolute Gasteiger partial charge is 0.495 e. The second kappa shape index (κ2) is 8.75.